The van der Waals surface area contributed by atoms with Crippen LogP contribution in [0.25, 0.3) is 0 Å². The average molecular weight is 274 g/mol. The fraction of sp³-hybridized carbons (Fsp3) is 0.133. The predicted octanol–water partition coefficient (Wildman–Crippen LogP) is 2.81. The van der Waals surface area contributed by atoms with Gasteiger partial charge in [0.2, 0.25) is 0 Å². The second kappa shape index (κ2) is 6.06. The molecule has 4 nitrogen and oxygen atoms in total. The van der Waals surface area contributed by atoms with Crippen molar-refractivity contribution in [1.82, 2.24) is 0 Å². The van der Waals surface area contributed by atoms with Gasteiger partial charge in [0.25, 0.3) is 0 Å². The molecule has 0 aromatic heterocycles. The first kappa shape index (κ1) is 13.9. The highest BCUT2D eigenvalue weighted by molar-refractivity contribution is 5.99. The normalized spacial score (nSPS) is 11.4. The van der Waals surface area contributed by atoms with Gasteiger partial charge in [0.1, 0.15) is 18.2 Å². The fourth-order valence-corrected chi connectivity index (χ4v) is 1.77. The maximum atomic E-state index is 13.7. The number of oxime groups is 1. The number of nitrogens with two attached hydrogens (primary N) is 1. The highest BCUT2D eigenvalue weighted by Gasteiger charge is 2.14. The standard InChI is InChI=1S/C15H15FN2O2/c1-10-5-7-11(8-6-10)9-20-13-4-2-3-12(16)14(13)15(17)18-19/h2-8,19H,9H2,1H3,(H2,17,18). The Bertz CT molecular complexity index is 624. The molecule has 0 bridgehead atoms. The molecule has 0 unspecified atom stereocenters. The Morgan fingerprint density at radius 3 is 2.60 bits per heavy atom. The summed E-state index contributed by atoms with van der Waals surface area (Å²) in [5.41, 5.74) is 7.52. The molecule has 2 rings (SSSR count). The van der Waals surface area contributed by atoms with E-state index in [4.69, 9.17) is 15.7 Å². The summed E-state index contributed by atoms with van der Waals surface area (Å²) in [4.78, 5) is 0. The zero-order valence-electron chi connectivity index (χ0n) is 11.0. The molecule has 0 radical (unpaired) electrons. The van der Waals surface area contributed by atoms with Gasteiger partial charge < -0.3 is 15.7 Å². The van der Waals surface area contributed by atoms with Crippen LogP contribution in [-0.4, -0.2) is 11.0 Å². The zero-order valence-corrected chi connectivity index (χ0v) is 11.0. The molecule has 104 valence electrons. The third-order valence-corrected chi connectivity index (χ3v) is 2.85. The number of halogens is 1. The summed E-state index contributed by atoms with van der Waals surface area (Å²) in [6.07, 6.45) is 0. The average Bonchev–Trinajstić information content (AvgIpc) is 2.46. The van der Waals surface area contributed by atoms with Crippen LogP contribution in [0, 0.1) is 12.7 Å². The highest BCUT2D eigenvalue weighted by atomic mass is 19.1. The number of nitrogens with zero attached hydrogens (tertiary/aromatic N) is 1. The van der Waals surface area contributed by atoms with Crippen molar-refractivity contribution in [2.45, 2.75) is 13.5 Å². The van der Waals surface area contributed by atoms with Crippen molar-refractivity contribution in [3.63, 3.8) is 0 Å². The first-order valence-corrected chi connectivity index (χ1v) is 6.06. The molecule has 5 heteroatoms. The highest BCUT2D eigenvalue weighted by Crippen LogP contribution is 2.22. The van der Waals surface area contributed by atoms with Crippen LogP contribution < -0.4 is 10.5 Å². The Labute approximate surface area is 116 Å². The van der Waals surface area contributed by atoms with Gasteiger partial charge in [0.05, 0.1) is 5.56 Å². The minimum absolute atomic E-state index is 0.0397. The van der Waals surface area contributed by atoms with E-state index >= 15 is 0 Å². The number of aryl methyl sites for hydroxylation is 1. The zero-order chi connectivity index (χ0) is 14.5. The van der Waals surface area contributed by atoms with Crippen molar-refractivity contribution in [3.8, 4) is 5.75 Å². The molecule has 0 spiro atoms. The number of benzene rings is 2. The van der Waals surface area contributed by atoms with Gasteiger partial charge in [-0.05, 0) is 24.6 Å². The third-order valence-electron chi connectivity index (χ3n) is 2.85. The smallest absolute Gasteiger partial charge is 0.176 e. The summed E-state index contributed by atoms with van der Waals surface area (Å²) in [6.45, 7) is 2.27. The van der Waals surface area contributed by atoms with Crippen LogP contribution in [0.15, 0.2) is 47.6 Å². The number of rotatable bonds is 4. The van der Waals surface area contributed by atoms with Crippen molar-refractivity contribution < 1.29 is 14.3 Å². The molecule has 20 heavy (non-hydrogen) atoms. The summed E-state index contributed by atoms with van der Waals surface area (Å²) in [7, 11) is 0. The van der Waals surface area contributed by atoms with E-state index in [1.54, 1.807) is 6.07 Å². The Balaban J connectivity index is 2.21. The van der Waals surface area contributed by atoms with Crippen LogP contribution >= 0.6 is 0 Å². The molecule has 0 saturated heterocycles. The van der Waals surface area contributed by atoms with Crippen molar-refractivity contribution in [2.75, 3.05) is 0 Å². The molecular formula is C15H15FN2O2. The molecule has 0 aliphatic carbocycles. The lowest BCUT2D eigenvalue weighted by Crippen LogP contribution is -2.17. The van der Waals surface area contributed by atoms with E-state index in [9.17, 15) is 4.39 Å². The predicted molar refractivity (Wildman–Crippen MR) is 74.4 cm³/mol. The van der Waals surface area contributed by atoms with Crippen molar-refractivity contribution in [2.24, 2.45) is 10.9 Å². The SMILES string of the molecule is Cc1ccc(COc2cccc(F)c2/C(N)=N/O)cc1. The Hall–Kier alpha value is -2.56. The minimum Gasteiger partial charge on any atom is -0.488 e. The van der Waals surface area contributed by atoms with Crippen LogP contribution in [0.5, 0.6) is 5.75 Å². The quantitative estimate of drug-likeness (QED) is 0.390. The van der Waals surface area contributed by atoms with E-state index < -0.39 is 5.82 Å². The lowest BCUT2D eigenvalue weighted by atomic mass is 10.1. The molecule has 0 aliphatic rings. The molecular weight excluding hydrogens is 259 g/mol. The molecule has 0 aliphatic heterocycles. The summed E-state index contributed by atoms with van der Waals surface area (Å²) >= 11 is 0. The Morgan fingerprint density at radius 2 is 1.95 bits per heavy atom. The first-order valence-electron chi connectivity index (χ1n) is 6.06. The number of amidine groups is 1. The largest absolute Gasteiger partial charge is 0.488 e. The molecule has 2 aromatic rings. The van der Waals surface area contributed by atoms with Crippen LogP contribution in [0.2, 0.25) is 0 Å². The first-order chi connectivity index (χ1) is 9.61. The Morgan fingerprint density at radius 1 is 1.25 bits per heavy atom. The van der Waals surface area contributed by atoms with Crippen LogP contribution in [-0.2, 0) is 6.61 Å². The molecule has 0 amide bonds. The van der Waals surface area contributed by atoms with Gasteiger partial charge in [-0.2, -0.15) is 0 Å². The van der Waals surface area contributed by atoms with E-state index in [1.807, 2.05) is 31.2 Å². The van der Waals surface area contributed by atoms with Crippen LogP contribution in [0.1, 0.15) is 16.7 Å². The van der Waals surface area contributed by atoms with Gasteiger partial charge in [-0.3, -0.25) is 0 Å². The van der Waals surface area contributed by atoms with E-state index in [0.717, 1.165) is 11.1 Å². The van der Waals surface area contributed by atoms with Gasteiger partial charge >= 0.3 is 0 Å². The fourth-order valence-electron chi connectivity index (χ4n) is 1.77. The molecule has 0 fully saturated rings. The van der Waals surface area contributed by atoms with Crippen molar-refractivity contribution >= 4 is 5.84 Å². The molecule has 0 heterocycles. The summed E-state index contributed by atoms with van der Waals surface area (Å²) in [5.74, 6) is -0.676. The molecule has 0 saturated carbocycles. The summed E-state index contributed by atoms with van der Waals surface area (Å²) in [6, 6.07) is 12.1. The van der Waals surface area contributed by atoms with E-state index in [2.05, 4.69) is 5.16 Å². The number of hydrogen-bond acceptors (Lipinski definition) is 3. The number of hydrogen-bond donors (Lipinski definition) is 2. The van der Waals surface area contributed by atoms with Gasteiger partial charge in [-0.25, -0.2) is 4.39 Å². The Kier molecular flexibility index (Phi) is 4.20. The lowest BCUT2D eigenvalue weighted by Gasteiger charge is -2.11. The monoisotopic (exact) mass is 274 g/mol. The van der Waals surface area contributed by atoms with E-state index in [-0.39, 0.29) is 23.8 Å². The topological polar surface area (TPSA) is 67.8 Å². The second-order valence-electron chi connectivity index (χ2n) is 4.37. The molecule has 3 N–H and O–H groups in total. The minimum atomic E-state index is -0.596. The second-order valence-corrected chi connectivity index (χ2v) is 4.37. The van der Waals surface area contributed by atoms with Gasteiger partial charge in [0.15, 0.2) is 5.84 Å². The summed E-state index contributed by atoms with van der Waals surface area (Å²) < 4.78 is 19.3. The van der Waals surface area contributed by atoms with E-state index in [1.165, 1.54) is 12.1 Å². The maximum Gasteiger partial charge on any atom is 0.176 e. The molecule has 0 atom stereocenters. The summed E-state index contributed by atoms with van der Waals surface area (Å²) in [5, 5.41) is 11.5. The van der Waals surface area contributed by atoms with Crippen molar-refractivity contribution in [3.05, 3.63) is 65.0 Å². The number of ether oxygens (including phenoxy) is 1. The van der Waals surface area contributed by atoms with Gasteiger partial charge in [-0.1, -0.05) is 41.1 Å². The van der Waals surface area contributed by atoms with Gasteiger partial charge in [0, 0.05) is 0 Å². The molecule has 2 aromatic carbocycles. The van der Waals surface area contributed by atoms with Crippen LogP contribution in [0.4, 0.5) is 4.39 Å². The van der Waals surface area contributed by atoms with Crippen molar-refractivity contribution in [1.29, 1.82) is 0 Å². The van der Waals surface area contributed by atoms with E-state index in [0.29, 0.717) is 0 Å². The van der Waals surface area contributed by atoms with Gasteiger partial charge in [-0.15, -0.1) is 0 Å². The van der Waals surface area contributed by atoms with Crippen LogP contribution in [0.3, 0.4) is 0 Å². The maximum absolute atomic E-state index is 13.7. The third kappa shape index (κ3) is 3.06. The lowest BCUT2D eigenvalue weighted by molar-refractivity contribution is 0.301.